The van der Waals surface area contributed by atoms with Crippen molar-refractivity contribution in [2.24, 2.45) is 5.92 Å². The molecule has 1 aliphatic rings. The van der Waals surface area contributed by atoms with Crippen molar-refractivity contribution >= 4 is 46.4 Å². The van der Waals surface area contributed by atoms with Crippen LogP contribution in [0.2, 0.25) is 10.0 Å². The van der Waals surface area contributed by atoms with Gasteiger partial charge in [0.05, 0.1) is 28.3 Å². The molecule has 0 saturated carbocycles. The summed E-state index contributed by atoms with van der Waals surface area (Å²) in [5.41, 5.74) is 1.30. The van der Waals surface area contributed by atoms with Gasteiger partial charge < -0.3 is 9.64 Å². The van der Waals surface area contributed by atoms with E-state index in [1.165, 1.54) is 11.3 Å². The van der Waals surface area contributed by atoms with Crippen molar-refractivity contribution in [3.63, 3.8) is 0 Å². The molecular weight excluding hydrogens is 407 g/mol. The molecule has 0 spiro atoms. The summed E-state index contributed by atoms with van der Waals surface area (Å²) in [6, 6.07) is 5.27. The summed E-state index contributed by atoms with van der Waals surface area (Å²) in [6.45, 7) is 5.05. The molecule has 1 aromatic carbocycles. The zero-order valence-corrected chi connectivity index (χ0v) is 17.5. The summed E-state index contributed by atoms with van der Waals surface area (Å²) in [5.74, 6) is -0.370. The Labute approximate surface area is 172 Å². The van der Waals surface area contributed by atoms with Gasteiger partial charge in [-0.1, -0.05) is 29.3 Å². The van der Waals surface area contributed by atoms with Crippen LogP contribution >= 0.6 is 34.5 Å². The van der Waals surface area contributed by atoms with E-state index in [4.69, 9.17) is 27.9 Å². The molecule has 0 N–H and O–H groups in total. The summed E-state index contributed by atoms with van der Waals surface area (Å²) >= 11 is 13.8. The second kappa shape index (κ2) is 8.59. The second-order valence-electron chi connectivity index (χ2n) is 6.35. The van der Waals surface area contributed by atoms with Crippen molar-refractivity contribution < 1.29 is 14.3 Å². The lowest BCUT2D eigenvalue weighted by Crippen LogP contribution is -2.40. The average Bonchev–Trinajstić information content (AvgIpc) is 3.02. The maximum absolute atomic E-state index is 13.0. The highest BCUT2D eigenvalue weighted by atomic mass is 35.5. The molecule has 1 aliphatic heterocycles. The molecule has 0 aliphatic carbocycles. The first-order valence-electron chi connectivity index (χ1n) is 8.80. The van der Waals surface area contributed by atoms with Gasteiger partial charge in [0, 0.05) is 18.7 Å². The number of halogens is 2. The van der Waals surface area contributed by atoms with Crippen LogP contribution in [0.5, 0.6) is 0 Å². The van der Waals surface area contributed by atoms with E-state index in [1.54, 1.807) is 30.0 Å². The Bertz CT molecular complexity index is 840. The number of carbonyl (C=O) groups is 2. The normalized spacial score (nSPS) is 15.0. The molecule has 0 bridgehead atoms. The highest BCUT2D eigenvalue weighted by Crippen LogP contribution is 2.38. The summed E-state index contributed by atoms with van der Waals surface area (Å²) in [5, 5.41) is 1.64. The van der Waals surface area contributed by atoms with E-state index >= 15 is 0 Å². The highest BCUT2D eigenvalue weighted by Gasteiger charge is 2.30. The lowest BCUT2D eigenvalue weighted by Gasteiger charge is -2.30. The molecule has 144 valence electrons. The van der Waals surface area contributed by atoms with Crippen LogP contribution in [0.25, 0.3) is 10.6 Å². The van der Waals surface area contributed by atoms with Crippen molar-refractivity contribution in [3.8, 4) is 10.6 Å². The van der Waals surface area contributed by atoms with E-state index in [0.29, 0.717) is 63.7 Å². The molecule has 8 heteroatoms. The summed E-state index contributed by atoms with van der Waals surface area (Å²) < 4.78 is 5.08. The second-order valence-corrected chi connectivity index (χ2v) is 8.16. The molecule has 2 aromatic rings. The summed E-state index contributed by atoms with van der Waals surface area (Å²) in [7, 11) is 0. The van der Waals surface area contributed by atoms with Crippen molar-refractivity contribution in [1.82, 2.24) is 9.88 Å². The standard InChI is InChI=1S/C19H20Cl2N2O3S/c1-3-26-19(25)12-7-9-23(10-8-12)18(24)16-11(2)22-17(27-16)15-13(20)5-4-6-14(15)21/h4-6,12H,3,7-10H2,1-2H3. The predicted octanol–water partition coefficient (Wildman–Crippen LogP) is 4.84. The number of benzene rings is 1. The molecular formula is C19H20Cl2N2O3S. The first-order valence-corrected chi connectivity index (χ1v) is 10.4. The highest BCUT2D eigenvalue weighted by molar-refractivity contribution is 7.17. The van der Waals surface area contributed by atoms with Crippen LogP contribution < -0.4 is 0 Å². The van der Waals surface area contributed by atoms with Gasteiger partial charge in [-0.2, -0.15) is 0 Å². The fraction of sp³-hybridized carbons (Fsp3) is 0.421. The molecule has 0 radical (unpaired) electrons. The van der Waals surface area contributed by atoms with Gasteiger partial charge in [-0.25, -0.2) is 4.98 Å². The number of esters is 1. The number of nitrogens with zero attached hydrogens (tertiary/aromatic N) is 2. The molecule has 1 aromatic heterocycles. The van der Waals surface area contributed by atoms with Crippen LogP contribution in [0.3, 0.4) is 0 Å². The van der Waals surface area contributed by atoms with Gasteiger partial charge in [0.15, 0.2) is 0 Å². The molecule has 1 saturated heterocycles. The maximum atomic E-state index is 13.0. The fourth-order valence-electron chi connectivity index (χ4n) is 3.13. The fourth-order valence-corrected chi connectivity index (χ4v) is 4.92. The number of aromatic nitrogens is 1. The quantitative estimate of drug-likeness (QED) is 0.656. The first kappa shape index (κ1) is 20.1. The number of carbonyl (C=O) groups excluding carboxylic acids is 2. The average molecular weight is 427 g/mol. The lowest BCUT2D eigenvalue weighted by molar-refractivity contribution is -0.149. The van der Waals surface area contributed by atoms with E-state index in [0.717, 1.165) is 0 Å². The zero-order valence-electron chi connectivity index (χ0n) is 15.1. The first-order chi connectivity index (χ1) is 12.9. The van der Waals surface area contributed by atoms with Gasteiger partial charge in [0.1, 0.15) is 9.88 Å². The Morgan fingerprint density at radius 2 is 1.89 bits per heavy atom. The largest absolute Gasteiger partial charge is 0.466 e. The number of ether oxygens (including phenoxy) is 1. The third kappa shape index (κ3) is 4.28. The Morgan fingerprint density at radius 3 is 2.48 bits per heavy atom. The number of thiazole rings is 1. The minimum absolute atomic E-state index is 0.0678. The number of likely N-dealkylation sites (tertiary alicyclic amines) is 1. The summed E-state index contributed by atoms with van der Waals surface area (Å²) in [4.78, 5) is 31.7. The molecule has 1 amide bonds. The lowest BCUT2D eigenvalue weighted by atomic mass is 9.97. The Hall–Kier alpha value is -1.63. The van der Waals surface area contributed by atoms with Crippen molar-refractivity contribution in [2.45, 2.75) is 26.7 Å². The van der Waals surface area contributed by atoms with Crippen LogP contribution in [-0.4, -0.2) is 41.5 Å². The van der Waals surface area contributed by atoms with Crippen LogP contribution in [-0.2, 0) is 9.53 Å². The number of piperidine rings is 1. The van der Waals surface area contributed by atoms with E-state index in [9.17, 15) is 9.59 Å². The molecule has 27 heavy (non-hydrogen) atoms. The number of amides is 1. The van der Waals surface area contributed by atoms with Gasteiger partial charge in [0.2, 0.25) is 0 Å². The van der Waals surface area contributed by atoms with Crippen molar-refractivity contribution in [3.05, 3.63) is 38.8 Å². The summed E-state index contributed by atoms with van der Waals surface area (Å²) in [6.07, 6.45) is 1.23. The monoisotopic (exact) mass is 426 g/mol. The minimum atomic E-state index is -0.172. The smallest absolute Gasteiger partial charge is 0.309 e. The SMILES string of the molecule is CCOC(=O)C1CCN(C(=O)c2sc(-c3c(Cl)cccc3Cl)nc2C)CC1. The van der Waals surface area contributed by atoms with Crippen molar-refractivity contribution in [1.29, 1.82) is 0 Å². The van der Waals surface area contributed by atoms with Gasteiger partial charge in [-0.15, -0.1) is 11.3 Å². The van der Waals surface area contributed by atoms with Crippen LogP contribution in [0, 0.1) is 12.8 Å². The Kier molecular flexibility index (Phi) is 6.40. The van der Waals surface area contributed by atoms with Crippen LogP contribution in [0.4, 0.5) is 0 Å². The number of hydrogen-bond donors (Lipinski definition) is 0. The van der Waals surface area contributed by atoms with Gasteiger partial charge >= 0.3 is 5.97 Å². The predicted molar refractivity (Wildman–Crippen MR) is 108 cm³/mol. The molecule has 3 rings (SSSR count). The molecule has 0 unspecified atom stereocenters. The maximum Gasteiger partial charge on any atom is 0.309 e. The van der Waals surface area contributed by atoms with E-state index in [2.05, 4.69) is 4.98 Å². The topological polar surface area (TPSA) is 59.5 Å². The van der Waals surface area contributed by atoms with E-state index < -0.39 is 0 Å². The third-order valence-corrected chi connectivity index (χ3v) is 6.36. The number of rotatable bonds is 4. The van der Waals surface area contributed by atoms with Gasteiger partial charge in [-0.05, 0) is 38.8 Å². The minimum Gasteiger partial charge on any atom is -0.466 e. The molecule has 1 fully saturated rings. The Balaban J connectivity index is 1.75. The van der Waals surface area contributed by atoms with E-state index in [-0.39, 0.29) is 17.8 Å². The number of hydrogen-bond acceptors (Lipinski definition) is 5. The third-order valence-electron chi connectivity index (χ3n) is 4.57. The van der Waals surface area contributed by atoms with Crippen molar-refractivity contribution in [2.75, 3.05) is 19.7 Å². The van der Waals surface area contributed by atoms with Crippen LogP contribution in [0.1, 0.15) is 35.1 Å². The Morgan fingerprint density at radius 1 is 1.26 bits per heavy atom. The van der Waals surface area contributed by atoms with Gasteiger partial charge in [-0.3, -0.25) is 9.59 Å². The molecule has 5 nitrogen and oxygen atoms in total. The molecule has 0 atom stereocenters. The zero-order chi connectivity index (χ0) is 19.6. The van der Waals surface area contributed by atoms with Gasteiger partial charge in [0.25, 0.3) is 5.91 Å². The van der Waals surface area contributed by atoms with Crippen LogP contribution in [0.15, 0.2) is 18.2 Å². The number of aryl methyl sites for hydroxylation is 1. The van der Waals surface area contributed by atoms with E-state index in [1.807, 2.05) is 6.92 Å². The molecule has 2 heterocycles.